The van der Waals surface area contributed by atoms with Crippen molar-refractivity contribution in [1.82, 2.24) is 24.4 Å². The molecule has 1 aliphatic heterocycles. The van der Waals surface area contributed by atoms with Gasteiger partial charge < -0.3 is 30.3 Å². The molecule has 3 heterocycles. The molecule has 4 atom stereocenters. The number of hydrogen-bond acceptors (Lipinski definition) is 10. The van der Waals surface area contributed by atoms with Gasteiger partial charge in [0.1, 0.15) is 30.5 Å². The Balaban J connectivity index is 1.72. The number of nitrogen functional groups attached to an aromatic ring is 1. The normalized spacial score (nSPS) is 24.9. The van der Waals surface area contributed by atoms with E-state index in [4.69, 9.17) is 15.2 Å². The van der Waals surface area contributed by atoms with Crippen LogP contribution in [0.4, 0.5) is 5.82 Å². The molecule has 1 fully saturated rings. The van der Waals surface area contributed by atoms with E-state index in [1.807, 2.05) is 4.90 Å². The van der Waals surface area contributed by atoms with Gasteiger partial charge in [0.2, 0.25) is 0 Å². The number of nitrogens with zero attached hydrogens (tertiary/aromatic N) is 5. The predicted octanol–water partition coefficient (Wildman–Crippen LogP) is -0.779. The van der Waals surface area contributed by atoms with Crippen molar-refractivity contribution in [2.75, 3.05) is 32.5 Å². The Bertz CT molecular complexity index is 843. The molecule has 0 spiro atoms. The molecule has 3 rings (SSSR count). The van der Waals surface area contributed by atoms with Crippen LogP contribution < -0.4 is 5.73 Å². The number of anilines is 1. The number of fused-ring (bicyclic) bond motifs is 1. The van der Waals surface area contributed by atoms with Crippen molar-refractivity contribution in [3.63, 3.8) is 0 Å². The summed E-state index contributed by atoms with van der Waals surface area (Å²) >= 11 is 0. The number of ether oxygens (including phenoxy) is 2. The number of aliphatic hydroxyl groups excluding tert-OH is 2. The Labute approximate surface area is 162 Å². The van der Waals surface area contributed by atoms with Gasteiger partial charge in [0.15, 0.2) is 23.2 Å². The lowest BCUT2D eigenvalue weighted by atomic mass is 10.1. The van der Waals surface area contributed by atoms with Gasteiger partial charge in [-0.2, -0.15) is 0 Å². The monoisotopic (exact) mass is 394 g/mol. The Morgan fingerprint density at radius 1 is 1.39 bits per heavy atom. The first-order valence-corrected chi connectivity index (χ1v) is 9.14. The molecule has 1 saturated heterocycles. The molecular weight excluding hydrogens is 368 g/mol. The lowest BCUT2D eigenvalue weighted by Gasteiger charge is -2.22. The smallest absolute Gasteiger partial charge is 0.307 e. The third-order valence-corrected chi connectivity index (χ3v) is 4.77. The van der Waals surface area contributed by atoms with Crippen LogP contribution in [-0.4, -0.2) is 85.7 Å². The van der Waals surface area contributed by atoms with Gasteiger partial charge in [-0.05, 0) is 20.9 Å². The fourth-order valence-corrected chi connectivity index (χ4v) is 3.35. The summed E-state index contributed by atoms with van der Waals surface area (Å²) in [6, 6.07) is 0. The first-order valence-electron chi connectivity index (χ1n) is 9.14. The molecule has 4 N–H and O–H groups in total. The molecule has 0 saturated carbocycles. The molecule has 0 bridgehead atoms. The van der Waals surface area contributed by atoms with Crippen LogP contribution in [0.2, 0.25) is 0 Å². The van der Waals surface area contributed by atoms with Crippen LogP contribution in [0.15, 0.2) is 6.33 Å². The van der Waals surface area contributed by atoms with Crippen molar-refractivity contribution in [3.05, 3.63) is 12.2 Å². The Morgan fingerprint density at radius 3 is 2.86 bits per heavy atom. The van der Waals surface area contributed by atoms with E-state index in [1.54, 1.807) is 25.5 Å². The first kappa shape index (κ1) is 20.4. The van der Waals surface area contributed by atoms with E-state index in [-0.39, 0.29) is 18.2 Å². The molecule has 2 aromatic heterocycles. The Kier molecular flexibility index (Phi) is 6.08. The number of hydrogen-bond donors (Lipinski definition) is 3. The van der Waals surface area contributed by atoms with E-state index >= 15 is 0 Å². The van der Waals surface area contributed by atoms with Crippen molar-refractivity contribution < 1.29 is 24.5 Å². The van der Waals surface area contributed by atoms with Crippen LogP contribution in [0, 0.1) is 6.92 Å². The number of esters is 1. The Morgan fingerprint density at radius 2 is 2.14 bits per heavy atom. The van der Waals surface area contributed by atoms with Crippen LogP contribution in [0.3, 0.4) is 0 Å². The lowest BCUT2D eigenvalue weighted by molar-refractivity contribution is -0.143. The second-order valence-corrected chi connectivity index (χ2v) is 6.82. The highest BCUT2D eigenvalue weighted by molar-refractivity contribution is 5.81. The summed E-state index contributed by atoms with van der Waals surface area (Å²) < 4.78 is 12.5. The SMILES string of the molecule is CCOC(=O)CCN(C)C[C@H]1O[C@@H](n2c(C)nc3c(N)ncnc32)C(O)C1O. The number of rotatable bonds is 7. The van der Waals surface area contributed by atoms with Crippen LogP contribution >= 0.6 is 0 Å². The zero-order chi connectivity index (χ0) is 20.4. The van der Waals surface area contributed by atoms with E-state index < -0.39 is 24.5 Å². The summed E-state index contributed by atoms with van der Waals surface area (Å²) in [6.07, 6.45) is -2.24. The average molecular weight is 394 g/mol. The van der Waals surface area contributed by atoms with Crippen molar-refractivity contribution >= 4 is 23.0 Å². The number of carbonyl (C=O) groups is 1. The largest absolute Gasteiger partial charge is 0.466 e. The molecule has 2 aromatic rings. The highest BCUT2D eigenvalue weighted by Crippen LogP contribution is 2.33. The van der Waals surface area contributed by atoms with E-state index in [1.165, 1.54) is 6.33 Å². The number of carbonyl (C=O) groups excluding carboxylic acids is 1. The minimum absolute atomic E-state index is 0.232. The van der Waals surface area contributed by atoms with E-state index in [2.05, 4.69) is 15.0 Å². The fourth-order valence-electron chi connectivity index (χ4n) is 3.35. The number of aliphatic hydroxyl groups is 2. The highest BCUT2D eigenvalue weighted by Gasteiger charge is 2.45. The molecule has 0 radical (unpaired) electrons. The summed E-state index contributed by atoms with van der Waals surface area (Å²) in [5.74, 6) is 0.489. The average Bonchev–Trinajstić information content (AvgIpc) is 3.12. The van der Waals surface area contributed by atoms with Crippen molar-refractivity contribution in [3.8, 4) is 0 Å². The Hall–Kier alpha value is -2.34. The molecular formula is C17H26N6O5. The zero-order valence-corrected chi connectivity index (χ0v) is 16.1. The number of aryl methyl sites for hydroxylation is 1. The van der Waals surface area contributed by atoms with Crippen LogP contribution in [0.5, 0.6) is 0 Å². The summed E-state index contributed by atoms with van der Waals surface area (Å²) in [6.45, 7) is 4.61. The van der Waals surface area contributed by atoms with Gasteiger partial charge in [-0.3, -0.25) is 9.36 Å². The maximum absolute atomic E-state index is 11.5. The standard InChI is InChI=1S/C17H26N6O5/c1-4-27-11(24)5-6-22(3)7-10-13(25)14(26)17(28-10)23-9(2)21-12-15(18)19-8-20-16(12)23/h8,10,13-14,17,25-26H,4-7H2,1-3H3,(H2,18,19,20)/t10-,13?,14?,17-/m1/s1. The molecule has 28 heavy (non-hydrogen) atoms. The van der Waals surface area contributed by atoms with Crippen molar-refractivity contribution in [1.29, 1.82) is 0 Å². The van der Waals surface area contributed by atoms with Gasteiger partial charge in [-0.1, -0.05) is 0 Å². The quantitative estimate of drug-likeness (QED) is 0.511. The molecule has 154 valence electrons. The molecule has 2 unspecified atom stereocenters. The molecule has 11 heteroatoms. The lowest BCUT2D eigenvalue weighted by Crippen LogP contribution is -2.39. The number of likely N-dealkylation sites (N-methyl/N-ethyl adjacent to an activating group) is 1. The molecule has 11 nitrogen and oxygen atoms in total. The van der Waals surface area contributed by atoms with Gasteiger partial charge in [0.25, 0.3) is 0 Å². The van der Waals surface area contributed by atoms with Gasteiger partial charge in [-0.15, -0.1) is 0 Å². The third-order valence-electron chi connectivity index (χ3n) is 4.77. The zero-order valence-electron chi connectivity index (χ0n) is 16.1. The van der Waals surface area contributed by atoms with Crippen LogP contribution in [-0.2, 0) is 14.3 Å². The van der Waals surface area contributed by atoms with Gasteiger partial charge in [0, 0.05) is 13.1 Å². The molecule has 1 aliphatic rings. The van der Waals surface area contributed by atoms with E-state index in [0.717, 1.165) is 0 Å². The first-order chi connectivity index (χ1) is 13.3. The third kappa shape index (κ3) is 3.92. The summed E-state index contributed by atoms with van der Waals surface area (Å²) in [5.41, 5.74) is 6.69. The van der Waals surface area contributed by atoms with Crippen LogP contribution in [0.25, 0.3) is 11.2 Å². The maximum atomic E-state index is 11.5. The van der Waals surface area contributed by atoms with Gasteiger partial charge >= 0.3 is 5.97 Å². The number of nitrogens with two attached hydrogens (primary N) is 1. The second-order valence-electron chi connectivity index (χ2n) is 6.82. The molecule has 0 aliphatic carbocycles. The van der Waals surface area contributed by atoms with Crippen LogP contribution in [0.1, 0.15) is 25.4 Å². The van der Waals surface area contributed by atoms with E-state index in [9.17, 15) is 15.0 Å². The summed E-state index contributed by atoms with van der Waals surface area (Å²) in [5, 5.41) is 21.0. The number of imidazole rings is 1. The van der Waals surface area contributed by atoms with E-state index in [0.29, 0.717) is 36.7 Å². The second kappa shape index (κ2) is 8.35. The molecule has 0 aromatic carbocycles. The summed E-state index contributed by atoms with van der Waals surface area (Å²) in [4.78, 5) is 25.8. The minimum atomic E-state index is -1.17. The fraction of sp³-hybridized carbons (Fsp3) is 0.647. The van der Waals surface area contributed by atoms with Crippen molar-refractivity contribution in [2.24, 2.45) is 0 Å². The minimum Gasteiger partial charge on any atom is -0.466 e. The highest BCUT2D eigenvalue weighted by atomic mass is 16.6. The molecule has 0 amide bonds. The topological polar surface area (TPSA) is 149 Å². The van der Waals surface area contributed by atoms with Gasteiger partial charge in [-0.25, -0.2) is 15.0 Å². The van der Waals surface area contributed by atoms with Crippen molar-refractivity contribution in [2.45, 2.75) is 44.8 Å². The number of aromatic nitrogens is 4. The van der Waals surface area contributed by atoms with Gasteiger partial charge in [0.05, 0.1) is 13.0 Å². The summed E-state index contributed by atoms with van der Waals surface area (Å²) in [7, 11) is 1.81. The maximum Gasteiger partial charge on any atom is 0.307 e. The predicted molar refractivity (Wildman–Crippen MR) is 99.1 cm³/mol.